The largest absolute Gasteiger partial charge is 0.378 e. The Morgan fingerprint density at radius 3 is 2.44 bits per heavy atom. The predicted octanol–water partition coefficient (Wildman–Crippen LogP) is 4.47. The van der Waals surface area contributed by atoms with Crippen molar-refractivity contribution in [2.45, 2.75) is 33.2 Å². The number of rotatable bonds is 7. The van der Waals surface area contributed by atoms with Gasteiger partial charge in [-0.05, 0) is 42.2 Å². The Hall–Kier alpha value is -3.21. The third-order valence-corrected chi connectivity index (χ3v) is 4.44. The van der Waals surface area contributed by atoms with E-state index in [2.05, 4.69) is 46.6 Å². The molecule has 0 bridgehead atoms. The number of carbonyl (C=O) groups excluding carboxylic acids is 1. The Labute approximate surface area is 159 Å². The summed E-state index contributed by atoms with van der Waals surface area (Å²) >= 11 is 0. The first-order valence-electron chi connectivity index (χ1n) is 9.22. The van der Waals surface area contributed by atoms with E-state index in [0.29, 0.717) is 12.1 Å². The molecule has 1 amide bonds. The van der Waals surface area contributed by atoms with Crippen LogP contribution in [-0.4, -0.2) is 15.9 Å². The van der Waals surface area contributed by atoms with Crippen molar-refractivity contribution in [3.8, 4) is 0 Å². The summed E-state index contributed by atoms with van der Waals surface area (Å²) in [6.07, 6.45) is 6.79. The summed E-state index contributed by atoms with van der Waals surface area (Å²) in [7, 11) is 0. The van der Waals surface area contributed by atoms with Gasteiger partial charge in [0.25, 0.3) is 5.91 Å². The van der Waals surface area contributed by atoms with E-state index in [4.69, 9.17) is 0 Å². The number of aryl methyl sites for hydroxylation is 2. The second-order valence-corrected chi connectivity index (χ2v) is 6.25. The fourth-order valence-corrected chi connectivity index (χ4v) is 2.94. The molecule has 0 radical (unpaired) electrons. The lowest BCUT2D eigenvalue weighted by atomic mass is 10.0. The molecule has 138 valence electrons. The van der Waals surface area contributed by atoms with E-state index in [1.165, 1.54) is 0 Å². The van der Waals surface area contributed by atoms with E-state index in [1.807, 2.05) is 30.3 Å². The Balaban J connectivity index is 1.74. The highest BCUT2D eigenvalue weighted by Gasteiger charge is 2.12. The molecule has 0 fully saturated rings. The van der Waals surface area contributed by atoms with Crippen LogP contribution in [0.25, 0.3) is 0 Å². The van der Waals surface area contributed by atoms with Crippen LogP contribution < -0.4 is 10.6 Å². The number of amides is 1. The Bertz CT molecular complexity index is 887. The molecule has 27 heavy (non-hydrogen) atoms. The van der Waals surface area contributed by atoms with Crippen LogP contribution in [0.15, 0.2) is 61.1 Å². The van der Waals surface area contributed by atoms with Gasteiger partial charge in [-0.3, -0.25) is 14.8 Å². The van der Waals surface area contributed by atoms with Gasteiger partial charge >= 0.3 is 0 Å². The topological polar surface area (TPSA) is 66.9 Å². The van der Waals surface area contributed by atoms with Gasteiger partial charge in [-0.2, -0.15) is 0 Å². The smallest absolute Gasteiger partial charge is 0.257 e. The summed E-state index contributed by atoms with van der Waals surface area (Å²) in [5, 5.41) is 6.34. The maximum Gasteiger partial charge on any atom is 0.257 e. The number of nitrogens with zero attached hydrogens (tertiary/aromatic N) is 2. The van der Waals surface area contributed by atoms with E-state index in [-0.39, 0.29) is 5.91 Å². The van der Waals surface area contributed by atoms with Gasteiger partial charge in [0.2, 0.25) is 0 Å². The van der Waals surface area contributed by atoms with Crippen LogP contribution in [0.5, 0.6) is 0 Å². The maximum atomic E-state index is 12.8. The third-order valence-electron chi connectivity index (χ3n) is 4.44. The number of anilines is 2. The minimum absolute atomic E-state index is 0.153. The monoisotopic (exact) mass is 360 g/mol. The Kier molecular flexibility index (Phi) is 6.15. The van der Waals surface area contributed by atoms with Gasteiger partial charge in [-0.25, -0.2) is 0 Å². The lowest BCUT2D eigenvalue weighted by Gasteiger charge is -2.14. The van der Waals surface area contributed by atoms with Crippen molar-refractivity contribution >= 4 is 17.3 Å². The fourth-order valence-electron chi connectivity index (χ4n) is 2.94. The summed E-state index contributed by atoms with van der Waals surface area (Å²) < 4.78 is 0. The molecule has 2 aromatic heterocycles. The van der Waals surface area contributed by atoms with Crippen molar-refractivity contribution in [3.63, 3.8) is 0 Å². The molecule has 0 saturated carbocycles. The lowest BCUT2D eigenvalue weighted by molar-refractivity contribution is 0.102. The molecular weight excluding hydrogens is 336 g/mol. The molecule has 3 rings (SSSR count). The number of para-hydroxylation sites is 1. The second kappa shape index (κ2) is 8.94. The standard InChI is InChI=1S/C22H24N4O/c1-3-16-8-7-9-17(4-2)21(16)26-22(27)18-12-20(14-23-13-18)25-15-19-10-5-6-11-24-19/h5-14,25H,3-4,15H2,1-2H3,(H,26,27). The fraction of sp³-hybridized carbons (Fsp3) is 0.227. The van der Waals surface area contributed by atoms with Gasteiger partial charge < -0.3 is 10.6 Å². The SMILES string of the molecule is CCc1cccc(CC)c1NC(=O)c1cncc(NCc2ccccn2)c1. The van der Waals surface area contributed by atoms with Crippen LogP contribution in [0.3, 0.4) is 0 Å². The molecule has 5 heteroatoms. The zero-order valence-electron chi connectivity index (χ0n) is 15.7. The first kappa shape index (κ1) is 18.6. The number of nitrogens with one attached hydrogen (secondary N) is 2. The number of benzene rings is 1. The number of hydrogen-bond acceptors (Lipinski definition) is 4. The molecule has 0 aliphatic rings. The average molecular weight is 360 g/mol. The van der Waals surface area contributed by atoms with Crippen molar-refractivity contribution in [3.05, 3.63) is 83.4 Å². The predicted molar refractivity (Wildman–Crippen MR) is 109 cm³/mol. The summed E-state index contributed by atoms with van der Waals surface area (Å²) in [4.78, 5) is 21.3. The number of pyridine rings is 2. The van der Waals surface area contributed by atoms with Crippen LogP contribution in [0, 0.1) is 0 Å². The zero-order valence-corrected chi connectivity index (χ0v) is 15.7. The molecule has 0 saturated heterocycles. The Morgan fingerprint density at radius 1 is 1.00 bits per heavy atom. The summed E-state index contributed by atoms with van der Waals surface area (Å²) in [5.41, 5.74) is 5.43. The van der Waals surface area contributed by atoms with Crippen LogP contribution >= 0.6 is 0 Å². The molecule has 0 unspecified atom stereocenters. The van der Waals surface area contributed by atoms with Crippen molar-refractivity contribution in [1.82, 2.24) is 9.97 Å². The molecule has 5 nitrogen and oxygen atoms in total. The average Bonchev–Trinajstić information content (AvgIpc) is 2.73. The highest BCUT2D eigenvalue weighted by atomic mass is 16.1. The van der Waals surface area contributed by atoms with E-state index in [1.54, 1.807) is 18.6 Å². The minimum Gasteiger partial charge on any atom is -0.378 e. The molecule has 0 aliphatic heterocycles. The zero-order chi connectivity index (χ0) is 19.1. The quantitative estimate of drug-likeness (QED) is 0.652. The van der Waals surface area contributed by atoms with Crippen molar-refractivity contribution in [1.29, 1.82) is 0 Å². The molecule has 2 heterocycles. The minimum atomic E-state index is -0.153. The van der Waals surface area contributed by atoms with Gasteiger partial charge in [0.05, 0.1) is 23.5 Å². The molecule has 2 N–H and O–H groups in total. The lowest BCUT2D eigenvalue weighted by Crippen LogP contribution is -2.15. The molecule has 0 atom stereocenters. The van der Waals surface area contributed by atoms with Gasteiger partial charge in [-0.15, -0.1) is 0 Å². The number of hydrogen-bond donors (Lipinski definition) is 2. The van der Waals surface area contributed by atoms with Crippen molar-refractivity contribution < 1.29 is 4.79 Å². The number of carbonyl (C=O) groups is 1. The Morgan fingerprint density at radius 2 is 1.78 bits per heavy atom. The van der Waals surface area contributed by atoms with Gasteiger partial charge in [-0.1, -0.05) is 38.1 Å². The van der Waals surface area contributed by atoms with Crippen LogP contribution in [0.2, 0.25) is 0 Å². The summed E-state index contributed by atoms with van der Waals surface area (Å²) in [5.74, 6) is -0.153. The highest BCUT2D eigenvalue weighted by Crippen LogP contribution is 2.23. The van der Waals surface area contributed by atoms with Crippen molar-refractivity contribution in [2.24, 2.45) is 0 Å². The number of aromatic nitrogens is 2. The molecule has 0 spiro atoms. The second-order valence-electron chi connectivity index (χ2n) is 6.25. The van der Waals surface area contributed by atoms with E-state index < -0.39 is 0 Å². The van der Waals surface area contributed by atoms with E-state index >= 15 is 0 Å². The molecule has 1 aromatic carbocycles. The van der Waals surface area contributed by atoms with Crippen molar-refractivity contribution in [2.75, 3.05) is 10.6 Å². The highest BCUT2D eigenvalue weighted by molar-refractivity contribution is 6.05. The van der Waals surface area contributed by atoms with Gasteiger partial charge in [0.1, 0.15) is 0 Å². The van der Waals surface area contributed by atoms with Crippen LogP contribution in [0.1, 0.15) is 41.0 Å². The van der Waals surface area contributed by atoms with Crippen LogP contribution in [0.4, 0.5) is 11.4 Å². The normalized spacial score (nSPS) is 10.4. The van der Waals surface area contributed by atoms with Gasteiger partial charge in [0, 0.05) is 24.3 Å². The van der Waals surface area contributed by atoms with E-state index in [9.17, 15) is 4.79 Å². The van der Waals surface area contributed by atoms with Gasteiger partial charge in [0.15, 0.2) is 0 Å². The third kappa shape index (κ3) is 4.70. The first-order valence-corrected chi connectivity index (χ1v) is 9.22. The molecule has 3 aromatic rings. The van der Waals surface area contributed by atoms with Crippen LogP contribution in [-0.2, 0) is 19.4 Å². The molecular formula is C22H24N4O. The summed E-state index contributed by atoms with van der Waals surface area (Å²) in [6, 6.07) is 13.7. The maximum absolute atomic E-state index is 12.8. The molecule has 0 aliphatic carbocycles. The summed E-state index contributed by atoms with van der Waals surface area (Å²) in [6.45, 7) is 4.76. The van der Waals surface area contributed by atoms with E-state index in [0.717, 1.165) is 41.0 Å². The first-order chi connectivity index (χ1) is 13.2.